The summed E-state index contributed by atoms with van der Waals surface area (Å²) in [4.78, 5) is 2.51. The van der Waals surface area contributed by atoms with E-state index < -0.39 is 0 Å². The third kappa shape index (κ3) is 5.50. The fourth-order valence-corrected chi connectivity index (χ4v) is 2.19. The van der Waals surface area contributed by atoms with Crippen LogP contribution >= 0.6 is 0 Å². The highest BCUT2D eigenvalue weighted by Gasteiger charge is 2.17. The topological polar surface area (TPSA) is 43.7 Å². The molecule has 0 aromatic heterocycles. The Balaban J connectivity index is 1.94. The van der Waals surface area contributed by atoms with Gasteiger partial charge in [-0.3, -0.25) is 0 Å². The molecule has 1 saturated heterocycles. The van der Waals surface area contributed by atoms with Gasteiger partial charge in [-0.2, -0.15) is 0 Å². The molecule has 0 aliphatic carbocycles. The number of aliphatic hydroxyl groups is 2. The molecule has 15 heavy (non-hydrogen) atoms. The molecular formula is C12H25NO2. The number of unbranched alkanes of at least 4 members (excludes halogenated alkanes) is 3. The van der Waals surface area contributed by atoms with E-state index >= 15 is 0 Å². The number of hydrogen-bond acceptors (Lipinski definition) is 3. The van der Waals surface area contributed by atoms with Crippen molar-refractivity contribution < 1.29 is 10.2 Å². The monoisotopic (exact) mass is 215 g/mol. The molecule has 0 atom stereocenters. The van der Waals surface area contributed by atoms with E-state index in [9.17, 15) is 0 Å². The summed E-state index contributed by atoms with van der Waals surface area (Å²) in [5.41, 5.74) is 0. The first-order valence-corrected chi connectivity index (χ1v) is 6.31. The Morgan fingerprint density at radius 1 is 0.933 bits per heavy atom. The van der Waals surface area contributed by atoms with Gasteiger partial charge in [0.2, 0.25) is 0 Å². The highest BCUT2D eigenvalue weighted by Crippen LogP contribution is 2.16. The summed E-state index contributed by atoms with van der Waals surface area (Å²) in [5.74, 6) is 0.552. The van der Waals surface area contributed by atoms with Gasteiger partial charge in [-0.05, 0) is 51.2 Å². The maximum atomic E-state index is 9.01. The molecule has 1 aliphatic rings. The molecule has 0 bridgehead atoms. The quantitative estimate of drug-likeness (QED) is 0.628. The SMILES string of the molecule is OCCCCCCN1CCC(CO)CC1. The lowest BCUT2D eigenvalue weighted by molar-refractivity contribution is 0.130. The fraction of sp³-hybridized carbons (Fsp3) is 1.00. The summed E-state index contributed by atoms with van der Waals surface area (Å²) in [7, 11) is 0. The highest BCUT2D eigenvalue weighted by molar-refractivity contribution is 4.71. The van der Waals surface area contributed by atoms with Crippen LogP contribution in [-0.4, -0.2) is 48.0 Å². The van der Waals surface area contributed by atoms with Gasteiger partial charge < -0.3 is 15.1 Å². The van der Waals surface area contributed by atoms with Crippen LogP contribution in [0.4, 0.5) is 0 Å². The van der Waals surface area contributed by atoms with E-state index in [1.54, 1.807) is 0 Å². The molecule has 0 aromatic rings. The van der Waals surface area contributed by atoms with Gasteiger partial charge in [0.1, 0.15) is 0 Å². The van der Waals surface area contributed by atoms with Gasteiger partial charge in [-0.1, -0.05) is 12.8 Å². The lowest BCUT2D eigenvalue weighted by Crippen LogP contribution is -2.35. The average molecular weight is 215 g/mol. The van der Waals surface area contributed by atoms with E-state index in [-0.39, 0.29) is 0 Å². The largest absolute Gasteiger partial charge is 0.396 e. The minimum atomic E-state index is 0.335. The first-order chi connectivity index (χ1) is 7.36. The molecule has 3 nitrogen and oxygen atoms in total. The molecule has 0 radical (unpaired) electrons. The highest BCUT2D eigenvalue weighted by atomic mass is 16.3. The van der Waals surface area contributed by atoms with Crippen molar-refractivity contribution in [3.63, 3.8) is 0 Å². The van der Waals surface area contributed by atoms with E-state index in [0.29, 0.717) is 19.1 Å². The van der Waals surface area contributed by atoms with Crippen LogP contribution in [0.25, 0.3) is 0 Å². The van der Waals surface area contributed by atoms with Crippen molar-refractivity contribution in [2.24, 2.45) is 5.92 Å². The van der Waals surface area contributed by atoms with Crippen molar-refractivity contribution in [1.82, 2.24) is 4.90 Å². The van der Waals surface area contributed by atoms with E-state index in [4.69, 9.17) is 10.2 Å². The van der Waals surface area contributed by atoms with Crippen LogP contribution in [0.1, 0.15) is 38.5 Å². The number of piperidine rings is 1. The molecule has 0 unspecified atom stereocenters. The summed E-state index contributed by atoms with van der Waals surface area (Å²) >= 11 is 0. The zero-order valence-corrected chi connectivity index (χ0v) is 9.70. The van der Waals surface area contributed by atoms with Crippen molar-refractivity contribution in [2.75, 3.05) is 32.8 Å². The Morgan fingerprint density at radius 3 is 2.20 bits per heavy atom. The van der Waals surface area contributed by atoms with Crippen molar-refractivity contribution in [3.05, 3.63) is 0 Å². The molecule has 0 saturated carbocycles. The zero-order chi connectivity index (χ0) is 10.9. The summed E-state index contributed by atoms with van der Waals surface area (Å²) < 4.78 is 0. The minimum Gasteiger partial charge on any atom is -0.396 e. The fourth-order valence-electron chi connectivity index (χ4n) is 2.19. The lowest BCUT2D eigenvalue weighted by Gasteiger charge is -2.30. The molecule has 0 spiro atoms. The number of likely N-dealkylation sites (tertiary alicyclic amines) is 1. The second kappa shape index (κ2) is 8.08. The Bertz CT molecular complexity index is 145. The number of rotatable bonds is 7. The molecular weight excluding hydrogens is 190 g/mol. The molecule has 2 N–H and O–H groups in total. The third-order valence-corrected chi connectivity index (χ3v) is 3.35. The predicted molar refractivity (Wildman–Crippen MR) is 61.8 cm³/mol. The zero-order valence-electron chi connectivity index (χ0n) is 9.70. The van der Waals surface area contributed by atoms with Gasteiger partial charge in [-0.15, -0.1) is 0 Å². The molecule has 90 valence electrons. The van der Waals surface area contributed by atoms with Crippen LogP contribution in [0.5, 0.6) is 0 Å². The maximum absolute atomic E-state index is 9.01. The Hall–Kier alpha value is -0.120. The summed E-state index contributed by atoms with van der Waals surface area (Å²) in [6.07, 6.45) is 6.92. The van der Waals surface area contributed by atoms with Crippen LogP contribution in [0.3, 0.4) is 0 Å². The van der Waals surface area contributed by atoms with Crippen LogP contribution < -0.4 is 0 Å². The Labute approximate surface area is 93.1 Å². The normalized spacial score (nSPS) is 19.6. The molecule has 1 aliphatic heterocycles. The van der Waals surface area contributed by atoms with Gasteiger partial charge in [0.05, 0.1) is 0 Å². The van der Waals surface area contributed by atoms with Crippen LogP contribution in [-0.2, 0) is 0 Å². The molecule has 1 fully saturated rings. The van der Waals surface area contributed by atoms with Gasteiger partial charge >= 0.3 is 0 Å². The predicted octanol–water partition coefficient (Wildman–Crippen LogP) is 1.24. The maximum Gasteiger partial charge on any atom is 0.0460 e. The van der Waals surface area contributed by atoms with Crippen LogP contribution in [0, 0.1) is 5.92 Å². The Kier molecular flexibility index (Phi) is 6.98. The van der Waals surface area contributed by atoms with Crippen LogP contribution in [0.15, 0.2) is 0 Å². The molecule has 3 heteroatoms. The first kappa shape index (κ1) is 12.9. The first-order valence-electron chi connectivity index (χ1n) is 6.31. The second-order valence-corrected chi connectivity index (χ2v) is 4.61. The third-order valence-electron chi connectivity index (χ3n) is 3.35. The van der Waals surface area contributed by atoms with E-state index in [0.717, 1.165) is 38.8 Å². The average Bonchev–Trinajstić information content (AvgIpc) is 2.30. The minimum absolute atomic E-state index is 0.335. The van der Waals surface area contributed by atoms with Crippen molar-refractivity contribution in [2.45, 2.75) is 38.5 Å². The smallest absolute Gasteiger partial charge is 0.0460 e. The molecule has 1 heterocycles. The van der Waals surface area contributed by atoms with Gasteiger partial charge in [0.15, 0.2) is 0 Å². The molecule has 0 aromatic carbocycles. The van der Waals surface area contributed by atoms with Gasteiger partial charge in [-0.25, -0.2) is 0 Å². The molecule has 0 amide bonds. The second-order valence-electron chi connectivity index (χ2n) is 4.61. The van der Waals surface area contributed by atoms with Crippen molar-refractivity contribution in [3.8, 4) is 0 Å². The van der Waals surface area contributed by atoms with Crippen molar-refractivity contribution >= 4 is 0 Å². The number of hydrogen-bond donors (Lipinski definition) is 2. The van der Waals surface area contributed by atoms with Crippen LogP contribution in [0.2, 0.25) is 0 Å². The number of nitrogens with zero attached hydrogens (tertiary/aromatic N) is 1. The van der Waals surface area contributed by atoms with E-state index in [1.807, 2.05) is 0 Å². The summed E-state index contributed by atoms with van der Waals surface area (Å²) in [5, 5.41) is 17.6. The number of aliphatic hydroxyl groups excluding tert-OH is 2. The standard InChI is InChI=1S/C12H25NO2/c14-10-4-2-1-3-7-13-8-5-12(11-15)6-9-13/h12,14-15H,1-11H2. The van der Waals surface area contributed by atoms with E-state index in [2.05, 4.69) is 4.90 Å². The lowest BCUT2D eigenvalue weighted by atomic mass is 9.98. The summed E-state index contributed by atoms with van der Waals surface area (Å²) in [6.45, 7) is 4.21. The van der Waals surface area contributed by atoms with E-state index in [1.165, 1.54) is 19.4 Å². The Morgan fingerprint density at radius 2 is 1.60 bits per heavy atom. The van der Waals surface area contributed by atoms with Gasteiger partial charge in [0.25, 0.3) is 0 Å². The summed E-state index contributed by atoms with van der Waals surface area (Å²) in [6, 6.07) is 0. The van der Waals surface area contributed by atoms with Crippen molar-refractivity contribution in [1.29, 1.82) is 0 Å². The van der Waals surface area contributed by atoms with Gasteiger partial charge in [0, 0.05) is 13.2 Å². The molecule has 1 rings (SSSR count).